The first-order valence-corrected chi connectivity index (χ1v) is 11.2. The molecule has 4 rings (SSSR count). The summed E-state index contributed by atoms with van der Waals surface area (Å²) in [5.74, 6) is -0.144. The van der Waals surface area contributed by atoms with Gasteiger partial charge in [-0.25, -0.2) is 0 Å². The van der Waals surface area contributed by atoms with E-state index in [0.29, 0.717) is 22.2 Å². The number of nitrogens with zero attached hydrogens (tertiary/aromatic N) is 4. The van der Waals surface area contributed by atoms with Crippen LogP contribution in [0.1, 0.15) is 60.1 Å². The highest BCUT2D eigenvalue weighted by Gasteiger charge is 2.47. The molecular formula is C21H22ClN5O4S. The number of hydrogen-bond acceptors (Lipinski definition) is 8. The van der Waals surface area contributed by atoms with E-state index in [-0.39, 0.29) is 30.0 Å². The molecule has 1 saturated heterocycles. The average Bonchev–Trinajstić information content (AvgIpc) is 3.43. The normalized spacial score (nSPS) is 16.2. The number of hydrogen-bond donors (Lipinski definition) is 1. The van der Waals surface area contributed by atoms with E-state index in [4.69, 9.17) is 16.0 Å². The van der Waals surface area contributed by atoms with Crippen molar-refractivity contribution in [2.24, 2.45) is 5.41 Å². The van der Waals surface area contributed by atoms with Crippen LogP contribution in [0.2, 0.25) is 4.34 Å². The van der Waals surface area contributed by atoms with E-state index in [1.54, 1.807) is 39.8 Å². The molecule has 0 saturated carbocycles. The number of carbonyl (C=O) groups is 3. The Morgan fingerprint density at radius 3 is 2.62 bits per heavy atom. The lowest BCUT2D eigenvalue weighted by atomic mass is 9.90. The molecule has 4 heterocycles. The maximum Gasteiger partial charge on any atom is 0.284 e. The Hall–Kier alpha value is -2.98. The molecule has 3 aromatic heterocycles. The Morgan fingerprint density at radius 2 is 2.06 bits per heavy atom. The third kappa shape index (κ3) is 4.07. The molecule has 1 atom stereocenters. The van der Waals surface area contributed by atoms with E-state index in [2.05, 4.69) is 15.4 Å². The minimum absolute atomic E-state index is 0.102. The Kier molecular flexibility index (Phi) is 5.68. The van der Waals surface area contributed by atoms with Crippen molar-refractivity contribution in [2.45, 2.75) is 46.7 Å². The van der Waals surface area contributed by atoms with Gasteiger partial charge in [0, 0.05) is 10.3 Å². The van der Waals surface area contributed by atoms with Crippen LogP contribution in [0.15, 0.2) is 28.9 Å². The number of β-lactam (4-membered cyclic amide) rings is 1. The lowest BCUT2D eigenvalue weighted by molar-refractivity contribution is -0.163. The summed E-state index contributed by atoms with van der Waals surface area (Å²) in [6, 6.07) is 4.60. The van der Waals surface area contributed by atoms with Crippen LogP contribution in [0.3, 0.4) is 0 Å². The molecule has 1 aliphatic heterocycles. The van der Waals surface area contributed by atoms with Crippen LogP contribution in [0, 0.1) is 12.3 Å². The van der Waals surface area contributed by atoms with Crippen LogP contribution in [0.4, 0.5) is 5.95 Å². The number of amides is 2. The zero-order valence-electron chi connectivity index (χ0n) is 18.0. The molecule has 3 aromatic rings. The van der Waals surface area contributed by atoms with Gasteiger partial charge in [-0.15, -0.1) is 16.4 Å². The van der Waals surface area contributed by atoms with Crippen LogP contribution < -0.4 is 5.32 Å². The molecule has 0 bridgehead atoms. The fourth-order valence-corrected chi connectivity index (χ4v) is 4.33. The molecular weight excluding hydrogens is 454 g/mol. The Bertz CT molecular complexity index is 1210. The van der Waals surface area contributed by atoms with E-state index in [9.17, 15) is 14.4 Å². The first-order valence-electron chi connectivity index (χ1n) is 9.96. The number of anilines is 1. The van der Waals surface area contributed by atoms with Gasteiger partial charge in [0.25, 0.3) is 5.91 Å². The van der Waals surface area contributed by atoms with Gasteiger partial charge in [-0.2, -0.15) is 9.67 Å². The number of rotatable bonds is 5. The van der Waals surface area contributed by atoms with Crippen molar-refractivity contribution in [1.82, 2.24) is 19.7 Å². The summed E-state index contributed by atoms with van der Waals surface area (Å²) in [5.41, 5.74) is -0.392. The van der Waals surface area contributed by atoms with Crippen molar-refractivity contribution in [1.29, 1.82) is 0 Å². The maximum absolute atomic E-state index is 13.1. The molecule has 1 N–H and O–H groups in total. The zero-order valence-corrected chi connectivity index (χ0v) is 19.6. The highest BCUT2D eigenvalue weighted by atomic mass is 35.5. The molecule has 1 aliphatic rings. The minimum Gasteiger partial charge on any atom is -0.469 e. The van der Waals surface area contributed by atoms with Crippen molar-refractivity contribution >= 4 is 46.6 Å². The van der Waals surface area contributed by atoms with E-state index in [0.717, 1.165) is 9.56 Å². The number of nitrogens with one attached hydrogen (secondary N) is 1. The average molecular weight is 476 g/mol. The highest BCUT2D eigenvalue weighted by molar-refractivity contribution is 7.16. The number of thiophene rings is 1. The number of furan rings is 1. The van der Waals surface area contributed by atoms with Crippen molar-refractivity contribution in [2.75, 3.05) is 5.32 Å². The van der Waals surface area contributed by atoms with Gasteiger partial charge < -0.3 is 9.73 Å². The fraction of sp³-hybridized carbons (Fsp3) is 0.381. The number of carbonyl (C=O) groups excluding carboxylic acids is 3. The molecule has 1 fully saturated rings. The van der Waals surface area contributed by atoms with E-state index in [1.165, 1.54) is 22.5 Å². The second-order valence-corrected chi connectivity index (χ2v) is 10.3. The lowest BCUT2D eigenvalue weighted by Crippen LogP contribution is -2.54. The monoisotopic (exact) mass is 475 g/mol. The number of aromatic nitrogens is 3. The molecule has 11 heteroatoms. The van der Waals surface area contributed by atoms with Crippen molar-refractivity contribution in [3.8, 4) is 0 Å². The van der Waals surface area contributed by atoms with E-state index >= 15 is 0 Å². The molecule has 0 spiro atoms. The summed E-state index contributed by atoms with van der Waals surface area (Å²) in [4.78, 5) is 44.7. The first-order chi connectivity index (χ1) is 15.1. The van der Waals surface area contributed by atoms with Crippen LogP contribution in [-0.4, -0.2) is 37.4 Å². The quantitative estimate of drug-likeness (QED) is 0.554. The summed E-state index contributed by atoms with van der Waals surface area (Å²) >= 11 is 7.41. The molecule has 2 amide bonds. The van der Waals surface area contributed by atoms with Crippen molar-refractivity contribution in [3.05, 3.63) is 50.8 Å². The van der Waals surface area contributed by atoms with Gasteiger partial charge in [0.05, 0.1) is 29.1 Å². The van der Waals surface area contributed by atoms with Crippen LogP contribution >= 0.6 is 22.9 Å². The SMILES string of the molecule is Cc1occc1C(=O)n1nc(C2CC(=O)N2C(=O)C(C)(C)C)nc1NCc1ccc(Cl)s1. The van der Waals surface area contributed by atoms with Gasteiger partial charge >= 0.3 is 0 Å². The van der Waals surface area contributed by atoms with E-state index in [1.807, 2.05) is 6.07 Å². The summed E-state index contributed by atoms with van der Waals surface area (Å²) in [5, 5.41) is 7.49. The number of aryl methyl sites for hydroxylation is 1. The number of halogens is 1. The fourth-order valence-electron chi connectivity index (χ4n) is 3.30. The van der Waals surface area contributed by atoms with Crippen LogP contribution in [0.25, 0.3) is 0 Å². The number of likely N-dealkylation sites (tertiary alicyclic amines) is 1. The summed E-state index contributed by atoms with van der Waals surface area (Å²) in [7, 11) is 0. The third-order valence-corrected chi connectivity index (χ3v) is 6.29. The lowest BCUT2D eigenvalue weighted by Gasteiger charge is -2.40. The van der Waals surface area contributed by atoms with E-state index < -0.39 is 17.4 Å². The smallest absolute Gasteiger partial charge is 0.284 e. The molecule has 168 valence electrons. The zero-order chi connectivity index (χ0) is 23.2. The Labute approximate surface area is 193 Å². The predicted molar refractivity (Wildman–Crippen MR) is 119 cm³/mol. The predicted octanol–water partition coefficient (Wildman–Crippen LogP) is 4.04. The Morgan fingerprint density at radius 1 is 1.31 bits per heavy atom. The first kappa shape index (κ1) is 22.2. The second kappa shape index (κ2) is 8.18. The van der Waals surface area contributed by atoms with Gasteiger partial charge in [-0.05, 0) is 25.1 Å². The molecule has 0 aliphatic carbocycles. The van der Waals surface area contributed by atoms with Crippen molar-refractivity contribution < 1.29 is 18.8 Å². The summed E-state index contributed by atoms with van der Waals surface area (Å²) < 4.78 is 7.05. The third-order valence-electron chi connectivity index (χ3n) is 5.06. The standard InChI is InChI=1S/C21H22ClN5O4S/c1-11-13(7-8-31-11)18(29)27-20(23-10-12-5-6-15(22)32-12)24-17(25-27)14-9-16(28)26(14)19(30)21(2,3)4/h5-8,14H,9-10H2,1-4H3,(H,23,24,25). The Balaban J connectivity index is 1.67. The van der Waals surface area contributed by atoms with Gasteiger partial charge in [0.15, 0.2) is 5.82 Å². The molecule has 9 nitrogen and oxygen atoms in total. The summed E-state index contributed by atoms with van der Waals surface area (Å²) in [6.45, 7) is 7.29. The van der Waals surface area contributed by atoms with Gasteiger partial charge in [-0.3, -0.25) is 19.3 Å². The largest absolute Gasteiger partial charge is 0.469 e. The second-order valence-electron chi connectivity index (χ2n) is 8.50. The topological polar surface area (TPSA) is 110 Å². The molecule has 1 unspecified atom stereocenters. The minimum atomic E-state index is -0.736. The van der Waals surface area contributed by atoms with Gasteiger partial charge in [-0.1, -0.05) is 32.4 Å². The number of imide groups is 1. The van der Waals surface area contributed by atoms with Crippen LogP contribution in [0.5, 0.6) is 0 Å². The molecule has 0 radical (unpaired) electrons. The maximum atomic E-state index is 13.1. The van der Waals surface area contributed by atoms with Gasteiger partial charge in [0.2, 0.25) is 17.8 Å². The summed E-state index contributed by atoms with van der Waals surface area (Å²) in [6.07, 6.45) is 1.53. The molecule has 0 aromatic carbocycles. The van der Waals surface area contributed by atoms with Crippen molar-refractivity contribution in [3.63, 3.8) is 0 Å². The highest BCUT2D eigenvalue weighted by Crippen LogP contribution is 2.37. The van der Waals surface area contributed by atoms with Crippen LogP contribution in [-0.2, 0) is 16.1 Å². The van der Waals surface area contributed by atoms with Gasteiger partial charge in [0.1, 0.15) is 11.8 Å². The molecule has 32 heavy (non-hydrogen) atoms.